The molecule has 0 saturated carbocycles. The van der Waals surface area contributed by atoms with Gasteiger partial charge in [-0.2, -0.15) is 0 Å². The molecule has 1 heterocycles. The maximum atomic E-state index is 13.2. The Hall–Kier alpha value is -4.13. The van der Waals surface area contributed by atoms with Crippen LogP contribution in [0.1, 0.15) is 27.9 Å². The first-order valence-electron chi connectivity index (χ1n) is 11.1. The second-order valence-corrected chi connectivity index (χ2v) is 7.95. The molecule has 1 fully saturated rings. The van der Waals surface area contributed by atoms with Crippen LogP contribution in [0.5, 0.6) is 5.75 Å². The highest BCUT2D eigenvalue weighted by atomic mass is 16.5. The summed E-state index contributed by atoms with van der Waals surface area (Å²) in [5.41, 5.74) is 2.32. The number of carbonyl (C=O) groups excluding carboxylic acids is 3. The molecule has 1 aliphatic heterocycles. The topological polar surface area (TPSA) is 84.9 Å². The lowest BCUT2D eigenvalue weighted by molar-refractivity contribution is -0.148. The number of rotatable bonds is 8. The van der Waals surface area contributed by atoms with Crippen molar-refractivity contribution in [1.29, 1.82) is 0 Å². The Morgan fingerprint density at radius 2 is 1.47 bits per heavy atom. The zero-order valence-corrected chi connectivity index (χ0v) is 18.7. The lowest BCUT2D eigenvalue weighted by Crippen LogP contribution is -2.57. The predicted octanol–water partition coefficient (Wildman–Crippen LogP) is 3.34. The minimum absolute atomic E-state index is 0.117. The van der Waals surface area contributed by atoms with Crippen LogP contribution in [-0.2, 0) is 27.5 Å². The third-order valence-corrected chi connectivity index (χ3v) is 5.54. The van der Waals surface area contributed by atoms with E-state index in [0.717, 1.165) is 11.1 Å². The summed E-state index contributed by atoms with van der Waals surface area (Å²) in [5.74, 6) is -0.574. The fraction of sp³-hybridized carbons (Fsp3) is 0.222. The highest BCUT2D eigenvalue weighted by Gasteiger charge is 2.35. The van der Waals surface area contributed by atoms with Crippen LogP contribution >= 0.6 is 0 Å². The first-order chi connectivity index (χ1) is 16.6. The fourth-order valence-electron chi connectivity index (χ4n) is 3.72. The van der Waals surface area contributed by atoms with Gasteiger partial charge < -0.3 is 19.7 Å². The number of nitrogens with zero attached hydrogens (tertiary/aromatic N) is 1. The molecule has 3 aromatic rings. The average Bonchev–Trinajstić information content (AvgIpc) is 2.88. The highest BCUT2D eigenvalue weighted by Crippen LogP contribution is 2.19. The predicted molar refractivity (Wildman–Crippen MR) is 126 cm³/mol. The summed E-state index contributed by atoms with van der Waals surface area (Å²) in [4.78, 5) is 39.5. The van der Waals surface area contributed by atoms with Crippen LogP contribution in [0.25, 0.3) is 0 Å². The summed E-state index contributed by atoms with van der Waals surface area (Å²) in [5, 5.41) is 2.73. The van der Waals surface area contributed by atoms with Gasteiger partial charge in [0.05, 0.1) is 6.42 Å². The zero-order chi connectivity index (χ0) is 23.8. The van der Waals surface area contributed by atoms with Crippen molar-refractivity contribution < 1.29 is 23.9 Å². The van der Waals surface area contributed by atoms with Gasteiger partial charge in [-0.25, -0.2) is 0 Å². The van der Waals surface area contributed by atoms with E-state index in [1.807, 2.05) is 60.7 Å². The molecule has 4 rings (SSSR count). The van der Waals surface area contributed by atoms with Crippen LogP contribution < -0.4 is 10.1 Å². The van der Waals surface area contributed by atoms with Crippen LogP contribution in [-0.4, -0.2) is 41.8 Å². The molecule has 0 spiro atoms. The van der Waals surface area contributed by atoms with Crippen molar-refractivity contribution in [1.82, 2.24) is 10.2 Å². The van der Waals surface area contributed by atoms with E-state index in [2.05, 4.69) is 5.32 Å². The summed E-state index contributed by atoms with van der Waals surface area (Å²) in [6.45, 7) is 1.19. The van der Waals surface area contributed by atoms with E-state index >= 15 is 0 Å². The van der Waals surface area contributed by atoms with Gasteiger partial charge in [0.25, 0.3) is 5.91 Å². The number of carbonyl (C=O) groups is 3. The molecule has 34 heavy (non-hydrogen) atoms. The van der Waals surface area contributed by atoms with Crippen LogP contribution in [0.2, 0.25) is 0 Å². The van der Waals surface area contributed by atoms with Gasteiger partial charge in [0, 0.05) is 18.7 Å². The van der Waals surface area contributed by atoms with Crippen molar-refractivity contribution in [3.63, 3.8) is 0 Å². The fourth-order valence-corrected chi connectivity index (χ4v) is 3.72. The molecule has 3 aromatic carbocycles. The standard InChI is InChI=1S/C27H26N2O5/c30-25(34-19-21-9-5-2-6-10-21)17-24-26(31)28-15-16-29(24)27(32)22-11-13-23(14-12-22)33-18-20-7-3-1-4-8-20/h1-14,24H,15-19H2,(H,28,31). The Kier molecular flexibility index (Phi) is 7.55. The van der Waals surface area contributed by atoms with E-state index in [-0.39, 0.29) is 24.8 Å². The molecule has 1 saturated heterocycles. The molecule has 7 nitrogen and oxygen atoms in total. The van der Waals surface area contributed by atoms with Crippen LogP contribution in [0.3, 0.4) is 0 Å². The van der Waals surface area contributed by atoms with E-state index in [0.29, 0.717) is 31.0 Å². The molecule has 1 unspecified atom stereocenters. The van der Waals surface area contributed by atoms with Gasteiger partial charge in [-0.1, -0.05) is 60.7 Å². The van der Waals surface area contributed by atoms with Gasteiger partial charge in [0.15, 0.2) is 0 Å². The van der Waals surface area contributed by atoms with E-state index in [9.17, 15) is 14.4 Å². The number of hydrogen-bond donors (Lipinski definition) is 1. The van der Waals surface area contributed by atoms with Crippen LogP contribution in [0.15, 0.2) is 84.9 Å². The maximum absolute atomic E-state index is 13.2. The number of benzene rings is 3. The van der Waals surface area contributed by atoms with Gasteiger partial charge in [-0.15, -0.1) is 0 Å². The smallest absolute Gasteiger partial charge is 0.308 e. The Labute approximate surface area is 198 Å². The summed E-state index contributed by atoms with van der Waals surface area (Å²) in [6, 6.07) is 25.0. The van der Waals surface area contributed by atoms with Gasteiger partial charge in [0.2, 0.25) is 5.91 Å². The monoisotopic (exact) mass is 458 g/mol. The second-order valence-electron chi connectivity index (χ2n) is 7.95. The quantitative estimate of drug-likeness (QED) is 0.524. The van der Waals surface area contributed by atoms with Crippen molar-refractivity contribution in [2.75, 3.05) is 13.1 Å². The van der Waals surface area contributed by atoms with Crippen molar-refractivity contribution in [2.24, 2.45) is 0 Å². The normalized spacial score (nSPS) is 15.4. The van der Waals surface area contributed by atoms with Gasteiger partial charge in [-0.3, -0.25) is 14.4 Å². The molecule has 0 bridgehead atoms. The number of hydrogen-bond acceptors (Lipinski definition) is 5. The number of esters is 1. The second kappa shape index (κ2) is 11.1. The molecule has 1 atom stereocenters. The molecule has 2 amide bonds. The zero-order valence-electron chi connectivity index (χ0n) is 18.7. The highest BCUT2D eigenvalue weighted by molar-refractivity contribution is 5.99. The van der Waals surface area contributed by atoms with Gasteiger partial charge in [0.1, 0.15) is 25.0 Å². The lowest BCUT2D eigenvalue weighted by atomic mass is 10.1. The summed E-state index contributed by atoms with van der Waals surface area (Å²) >= 11 is 0. The Bertz CT molecular complexity index is 1120. The number of nitrogens with one attached hydrogen (secondary N) is 1. The first kappa shape index (κ1) is 23.0. The summed E-state index contributed by atoms with van der Waals surface area (Å²) < 4.78 is 11.1. The maximum Gasteiger partial charge on any atom is 0.308 e. The average molecular weight is 459 g/mol. The van der Waals surface area contributed by atoms with E-state index < -0.39 is 12.0 Å². The number of ether oxygens (including phenoxy) is 2. The van der Waals surface area contributed by atoms with E-state index in [1.165, 1.54) is 4.90 Å². The number of amides is 2. The minimum atomic E-state index is -0.918. The molecule has 0 aliphatic carbocycles. The summed E-state index contributed by atoms with van der Waals surface area (Å²) in [6.07, 6.45) is -0.206. The molecule has 1 N–H and O–H groups in total. The van der Waals surface area contributed by atoms with Gasteiger partial charge in [-0.05, 0) is 35.4 Å². The third-order valence-electron chi connectivity index (χ3n) is 5.54. The lowest BCUT2D eigenvalue weighted by Gasteiger charge is -2.34. The van der Waals surface area contributed by atoms with Crippen LogP contribution in [0.4, 0.5) is 0 Å². The minimum Gasteiger partial charge on any atom is -0.489 e. The van der Waals surface area contributed by atoms with Crippen molar-refractivity contribution in [3.8, 4) is 5.75 Å². The van der Waals surface area contributed by atoms with Crippen molar-refractivity contribution in [3.05, 3.63) is 102 Å². The van der Waals surface area contributed by atoms with E-state index in [1.54, 1.807) is 24.3 Å². The summed E-state index contributed by atoms with van der Waals surface area (Å²) in [7, 11) is 0. The SMILES string of the molecule is O=C(CC1C(=O)NCCN1C(=O)c1ccc(OCc2ccccc2)cc1)OCc1ccccc1. The van der Waals surface area contributed by atoms with Crippen molar-refractivity contribution in [2.45, 2.75) is 25.7 Å². The first-order valence-corrected chi connectivity index (χ1v) is 11.1. The number of piperazine rings is 1. The molecule has 0 aromatic heterocycles. The molecular formula is C27H26N2O5. The van der Waals surface area contributed by atoms with E-state index in [4.69, 9.17) is 9.47 Å². The Morgan fingerprint density at radius 3 is 2.12 bits per heavy atom. The Morgan fingerprint density at radius 1 is 0.853 bits per heavy atom. The molecule has 174 valence electrons. The van der Waals surface area contributed by atoms with Gasteiger partial charge >= 0.3 is 5.97 Å². The van der Waals surface area contributed by atoms with Crippen LogP contribution in [0, 0.1) is 0 Å². The Balaban J connectivity index is 1.37. The largest absolute Gasteiger partial charge is 0.489 e. The van der Waals surface area contributed by atoms with Crippen molar-refractivity contribution >= 4 is 17.8 Å². The third kappa shape index (κ3) is 6.01. The molecule has 1 aliphatic rings. The molecule has 0 radical (unpaired) electrons. The molecule has 7 heteroatoms. The molecular weight excluding hydrogens is 432 g/mol.